The van der Waals surface area contributed by atoms with E-state index in [0.717, 1.165) is 70.1 Å². The third-order valence-corrected chi connectivity index (χ3v) is 8.68. The van der Waals surface area contributed by atoms with E-state index in [4.69, 9.17) is 9.47 Å². The van der Waals surface area contributed by atoms with Crippen molar-refractivity contribution >= 4 is 23.0 Å². The fourth-order valence-electron chi connectivity index (χ4n) is 6.04. The molecule has 0 N–H and O–H groups in total. The molecule has 0 radical (unpaired) electrons. The molecule has 3 aromatic carbocycles. The molecular weight excluding hydrogens is 524 g/mol. The second kappa shape index (κ2) is 15.1. The Kier molecular flexibility index (Phi) is 10.7. The van der Waals surface area contributed by atoms with Crippen LogP contribution < -0.4 is 14.7 Å². The number of esters is 1. The number of hydrogen-bond donors (Lipinski definition) is 0. The molecule has 2 heterocycles. The molecule has 3 aromatic rings. The number of piperazine rings is 2. The Morgan fingerprint density at radius 1 is 0.571 bits per heavy atom. The van der Waals surface area contributed by atoms with Gasteiger partial charge in [-0.25, -0.2) is 4.79 Å². The predicted octanol–water partition coefficient (Wildman–Crippen LogP) is 5.80. The SMILES string of the molecule is COCCCCCCN1CCN(c2ccc(N3CCN(c4ccc(-c5ccc(C(=O)OC)cc5)cc4)CC3)cc2)CC1. The fourth-order valence-corrected chi connectivity index (χ4v) is 6.04. The van der Waals surface area contributed by atoms with Crippen LogP contribution >= 0.6 is 0 Å². The van der Waals surface area contributed by atoms with Crippen LogP contribution in [0.5, 0.6) is 0 Å². The number of rotatable bonds is 12. The minimum atomic E-state index is -0.309. The molecule has 2 aliphatic rings. The van der Waals surface area contributed by atoms with Gasteiger partial charge >= 0.3 is 5.97 Å². The molecule has 0 spiro atoms. The van der Waals surface area contributed by atoms with Crippen LogP contribution in [0.4, 0.5) is 17.1 Å². The summed E-state index contributed by atoms with van der Waals surface area (Å²) in [6.07, 6.45) is 5.06. The molecule has 7 nitrogen and oxygen atoms in total. The monoisotopic (exact) mass is 570 g/mol. The molecule has 42 heavy (non-hydrogen) atoms. The van der Waals surface area contributed by atoms with Crippen LogP contribution in [0, 0.1) is 0 Å². The standard InChI is InChI=1S/C35H46N4O3/c1-41-28-6-4-3-5-19-36-20-22-37(23-21-36)33-15-17-34(18-16-33)39-26-24-38(25-27-39)32-13-11-30(12-14-32)29-7-9-31(10-8-29)35(40)42-2/h7-18H,3-6,19-28H2,1-2H3. The minimum absolute atomic E-state index is 0.309. The average Bonchev–Trinajstić information content (AvgIpc) is 3.06. The first-order chi connectivity index (χ1) is 20.6. The zero-order valence-corrected chi connectivity index (χ0v) is 25.3. The molecule has 0 atom stereocenters. The van der Waals surface area contributed by atoms with Crippen molar-refractivity contribution in [3.63, 3.8) is 0 Å². The van der Waals surface area contributed by atoms with E-state index in [1.807, 2.05) is 24.3 Å². The lowest BCUT2D eigenvalue weighted by atomic mass is 10.0. The van der Waals surface area contributed by atoms with E-state index < -0.39 is 0 Å². The van der Waals surface area contributed by atoms with Gasteiger partial charge in [0.25, 0.3) is 0 Å². The number of hydrogen-bond acceptors (Lipinski definition) is 7. The molecule has 0 aromatic heterocycles. The molecule has 0 saturated carbocycles. The Balaban J connectivity index is 1.05. The third-order valence-electron chi connectivity index (χ3n) is 8.68. The lowest BCUT2D eigenvalue weighted by Gasteiger charge is -2.38. The molecule has 5 rings (SSSR count). The van der Waals surface area contributed by atoms with Gasteiger partial charge in [-0.2, -0.15) is 0 Å². The molecule has 0 unspecified atom stereocenters. The maximum absolute atomic E-state index is 11.7. The van der Waals surface area contributed by atoms with Crippen molar-refractivity contribution in [3.8, 4) is 11.1 Å². The first-order valence-electron chi connectivity index (χ1n) is 15.5. The lowest BCUT2D eigenvalue weighted by Crippen LogP contribution is -2.47. The Morgan fingerprint density at radius 3 is 1.48 bits per heavy atom. The van der Waals surface area contributed by atoms with Gasteiger partial charge in [0.1, 0.15) is 0 Å². The summed E-state index contributed by atoms with van der Waals surface area (Å²) in [5, 5.41) is 0. The third kappa shape index (κ3) is 7.84. The number of nitrogens with zero attached hydrogens (tertiary/aromatic N) is 4. The summed E-state index contributed by atoms with van der Waals surface area (Å²) in [6.45, 7) is 10.7. The summed E-state index contributed by atoms with van der Waals surface area (Å²) in [5.74, 6) is -0.309. The highest BCUT2D eigenvalue weighted by molar-refractivity contribution is 5.90. The Bertz CT molecular complexity index is 1230. The van der Waals surface area contributed by atoms with E-state index in [1.165, 1.54) is 56.4 Å². The van der Waals surface area contributed by atoms with E-state index >= 15 is 0 Å². The topological polar surface area (TPSA) is 48.5 Å². The molecule has 2 saturated heterocycles. The van der Waals surface area contributed by atoms with E-state index in [1.54, 1.807) is 7.11 Å². The zero-order chi connectivity index (χ0) is 29.1. The van der Waals surface area contributed by atoms with Crippen LogP contribution in [-0.2, 0) is 9.47 Å². The lowest BCUT2D eigenvalue weighted by molar-refractivity contribution is 0.0600. The Hall–Kier alpha value is -3.55. The van der Waals surface area contributed by atoms with E-state index in [-0.39, 0.29) is 5.97 Å². The molecule has 2 aliphatic heterocycles. The normalized spacial score (nSPS) is 16.1. The molecule has 224 valence electrons. The summed E-state index contributed by atoms with van der Waals surface area (Å²) < 4.78 is 9.95. The Labute approximate surface area is 251 Å². The van der Waals surface area contributed by atoms with Gasteiger partial charge in [-0.15, -0.1) is 0 Å². The van der Waals surface area contributed by atoms with E-state index in [2.05, 4.69) is 68.1 Å². The van der Waals surface area contributed by atoms with Crippen molar-refractivity contribution in [2.24, 2.45) is 0 Å². The quantitative estimate of drug-likeness (QED) is 0.202. The van der Waals surface area contributed by atoms with Crippen LogP contribution in [0.3, 0.4) is 0 Å². The average molecular weight is 571 g/mol. The highest BCUT2D eigenvalue weighted by Gasteiger charge is 2.20. The van der Waals surface area contributed by atoms with Crippen LogP contribution in [0.2, 0.25) is 0 Å². The summed E-state index contributed by atoms with van der Waals surface area (Å²) in [7, 11) is 3.19. The van der Waals surface area contributed by atoms with Gasteiger partial charge < -0.3 is 24.2 Å². The number of benzene rings is 3. The Morgan fingerprint density at radius 2 is 1.00 bits per heavy atom. The van der Waals surface area contributed by atoms with Crippen molar-refractivity contribution in [1.82, 2.24) is 4.90 Å². The summed E-state index contributed by atoms with van der Waals surface area (Å²) >= 11 is 0. The summed E-state index contributed by atoms with van der Waals surface area (Å²) in [5.41, 5.74) is 6.72. The maximum atomic E-state index is 11.7. The number of methoxy groups -OCH3 is 2. The van der Waals surface area contributed by atoms with Crippen LogP contribution in [0.1, 0.15) is 36.0 Å². The van der Waals surface area contributed by atoms with Crippen LogP contribution in [0.25, 0.3) is 11.1 Å². The van der Waals surface area contributed by atoms with Crippen molar-refractivity contribution in [3.05, 3.63) is 78.4 Å². The van der Waals surface area contributed by atoms with Gasteiger partial charge in [0.2, 0.25) is 0 Å². The summed E-state index contributed by atoms with van der Waals surface area (Å²) in [4.78, 5) is 21.8. The number of carbonyl (C=O) groups excluding carboxylic acids is 1. The molecule has 0 amide bonds. The second-order valence-electron chi connectivity index (χ2n) is 11.3. The van der Waals surface area contributed by atoms with Crippen LogP contribution in [-0.4, -0.2) is 90.6 Å². The van der Waals surface area contributed by atoms with E-state index in [9.17, 15) is 4.79 Å². The second-order valence-corrected chi connectivity index (χ2v) is 11.3. The maximum Gasteiger partial charge on any atom is 0.337 e. The minimum Gasteiger partial charge on any atom is -0.465 e. The first-order valence-corrected chi connectivity index (χ1v) is 15.5. The highest BCUT2D eigenvalue weighted by atomic mass is 16.5. The first kappa shape index (κ1) is 29.9. The highest BCUT2D eigenvalue weighted by Crippen LogP contribution is 2.27. The van der Waals surface area contributed by atoms with Crippen molar-refractivity contribution < 1.29 is 14.3 Å². The smallest absolute Gasteiger partial charge is 0.337 e. The van der Waals surface area contributed by atoms with Crippen molar-refractivity contribution in [1.29, 1.82) is 0 Å². The van der Waals surface area contributed by atoms with Gasteiger partial charge in [0, 0.05) is 83.1 Å². The zero-order valence-electron chi connectivity index (χ0n) is 25.3. The largest absolute Gasteiger partial charge is 0.465 e. The van der Waals surface area contributed by atoms with Crippen LogP contribution in [0.15, 0.2) is 72.8 Å². The number of anilines is 3. The molecule has 7 heteroatoms. The number of unbranched alkanes of at least 4 members (excludes halogenated alkanes) is 3. The van der Waals surface area contributed by atoms with Crippen molar-refractivity contribution in [2.45, 2.75) is 25.7 Å². The van der Waals surface area contributed by atoms with Gasteiger partial charge in [-0.3, -0.25) is 4.90 Å². The van der Waals surface area contributed by atoms with Gasteiger partial charge in [0.15, 0.2) is 0 Å². The number of carbonyl (C=O) groups is 1. The molecular formula is C35H46N4O3. The van der Waals surface area contributed by atoms with Gasteiger partial charge in [-0.1, -0.05) is 37.1 Å². The predicted molar refractivity (Wildman–Crippen MR) is 173 cm³/mol. The molecule has 0 aliphatic carbocycles. The molecule has 2 fully saturated rings. The molecule has 0 bridgehead atoms. The van der Waals surface area contributed by atoms with Gasteiger partial charge in [-0.05, 0) is 79.0 Å². The number of ether oxygens (including phenoxy) is 2. The fraction of sp³-hybridized carbons (Fsp3) is 0.457. The van der Waals surface area contributed by atoms with Gasteiger partial charge in [0.05, 0.1) is 12.7 Å². The van der Waals surface area contributed by atoms with E-state index in [0.29, 0.717) is 5.56 Å². The summed E-state index contributed by atoms with van der Waals surface area (Å²) in [6, 6.07) is 25.5. The van der Waals surface area contributed by atoms with Crippen molar-refractivity contribution in [2.75, 3.05) is 94.4 Å².